The Labute approximate surface area is 103 Å². The fourth-order valence-corrected chi connectivity index (χ4v) is 1.10. The van der Waals surface area contributed by atoms with Crippen LogP contribution in [0.25, 0.3) is 0 Å². The summed E-state index contributed by atoms with van der Waals surface area (Å²) in [5, 5.41) is 11.5. The molecule has 0 aromatic rings. The summed E-state index contributed by atoms with van der Waals surface area (Å²) in [6.45, 7) is 10.8. The van der Waals surface area contributed by atoms with E-state index < -0.39 is 29.0 Å². The third-order valence-corrected chi connectivity index (χ3v) is 2.63. The first-order chi connectivity index (χ1) is 7.46. The van der Waals surface area contributed by atoms with Crippen LogP contribution in [0.2, 0.25) is 0 Å². The molecule has 0 aliphatic rings. The molecule has 2 N–H and O–H groups in total. The van der Waals surface area contributed by atoms with Crippen molar-refractivity contribution in [3.05, 3.63) is 0 Å². The molecule has 17 heavy (non-hydrogen) atoms. The molecule has 1 amide bonds. The molecule has 0 radical (unpaired) electrons. The smallest absolute Gasteiger partial charge is 0.407 e. The van der Waals surface area contributed by atoms with E-state index in [2.05, 4.69) is 5.32 Å². The van der Waals surface area contributed by atoms with Crippen LogP contribution in [0.3, 0.4) is 0 Å². The van der Waals surface area contributed by atoms with E-state index in [4.69, 9.17) is 9.84 Å². The average Bonchev–Trinajstić information content (AvgIpc) is 2.11. The van der Waals surface area contributed by atoms with Crippen molar-refractivity contribution in [1.82, 2.24) is 5.32 Å². The van der Waals surface area contributed by atoms with Crippen molar-refractivity contribution >= 4 is 12.1 Å². The molecule has 0 fully saturated rings. The Balaban J connectivity index is 4.28. The van der Waals surface area contributed by atoms with Crippen LogP contribution in [0.1, 0.15) is 41.5 Å². The highest BCUT2D eigenvalue weighted by Crippen LogP contribution is 2.25. The van der Waals surface area contributed by atoms with Crippen molar-refractivity contribution in [2.24, 2.45) is 11.3 Å². The molecule has 0 rings (SSSR count). The summed E-state index contributed by atoms with van der Waals surface area (Å²) in [6.07, 6.45) is -0.525. The first kappa shape index (κ1) is 15.7. The van der Waals surface area contributed by atoms with Crippen LogP contribution in [0.4, 0.5) is 4.79 Å². The zero-order valence-corrected chi connectivity index (χ0v) is 11.5. The van der Waals surface area contributed by atoms with Crippen LogP contribution in [0.15, 0.2) is 0 Å². The van der Waals surface area contributed by atoms with Gasteiger partial charge in [0, 0.05) is 6.54 Å². The number of carboxylic acids is 1. The minimum Gasteiger partial charge on any atom is -0.481 e. The minimum atomic E-state index is -0.874. The number of carbonyl (C=O) groups excluding carboxylic acids is 1. The van der Waals surface area contributed by atoms with Crippen LogP contribution in [-0.4, -0.2) is 29.3 Å². The lowest BCUT2D eigenvalue weighted by molar-refractivity contribution is -0.144. The predicted octanol–water partition coefficient (Wildman–Crippen LogP) is 2.26. The fraction of sp³-hybridized carbons (Fsp3) is 0.833. The second kappa shape index (κ2) is 5.38. The van der Waals surface area contributed by atoms with Crippen molar-refractivity contribution in [2.75, 3.05) is 6.54 Å². The molecular formula is C12H23NO4. The van der Waals surface area contributed by atoms with Crippen LogP contribution >= 0.6 is 0 Å². The highest BCUT2D eigenvalue weighted by Gasteiger charge is 2.32. The maximum atomic E-state index is 11.4. The number of aliphatic carboxylic acids is 1. The minimum absolute atomic E-state index is 0.259. The van der Waals surface area contributed by atoms with Gasteiger partial charge in [-0.05, 0) is 26.2 Å². The maximum Gasteiger partial charge on any atom is 0.407 e. The Hall–Kier alpha value is -1.26. The topological polar surface area (TPSA) is 75.6 Å². The number of alkyl carbamates (subject to hydrolysis) is 1. The number of amides is 1. The van der Waals surface area contributed by atoms with Crippen LogP contribution in [0, 0.1) is 11.3 Å². The van der Waals surface area contributed by atoms with Crippen LogP contribution < -0.4 is 5.32 Å². The molecule has 0 spiro atoms. The lowest BCUT2D eigenvalue weighted by Crippen LogP contribution is -2.42. The van der Waals surface area contributed by atoms with Crippen molar-refractivity contribution in [2.45, 2.75) is 47.1 Å². The van der Waals surface area contributed by atoms with Gasteiger partial charge in [-0.2, -0.15) is 0 Å². The van der Waals surface area contributed by atoms with Crippen molar-refractivity contribution in [1.29, 1.82) is 0 Å². The zero-order valence-electron chi connectivity index (χ0n) is 11.5. The van der Waals surface area contributed by atoms with Gasteiger partial charge < -0.3 is 15.2 Å². The number of carboxylic acid groups (broad SMARTS) is 1. The number of ether oxygens (including phenoxy) is 1. The lowest BCUT2D eigenvalue weighted by atomic mass is 9.80. The summed E-state index contributed by atoms with van der Waals surface area (Å²) in [5.74, 6) is -1.42. The van der Waals surface area contributed by atoms with Gasteiger partial charge in [-0.15, -0.1) is 0 Å². The van der Waals surface area contributed by atoms with Gasteiger partial charge in [-0.3, -0.25) is 4.79 Å². The summed E-state index contributed by atoms with van der Waals surface area (Å²) in [5.41, 5.74) is -1.07. The van der Waals surface area contributed by atoms with Gasteiger partial charge in [0.15, 0.2) is 0 Å². The number of hydrogen-bond acceptors (Lipinski definition) is 3. The molecular weight excluding hydrogens is 222 g/mol. The van der Waals surface area contributed by atoms with Gasteiger partial charge in [0.1, 0.15) is 5.60 Å². The number of nitrogens with one attached hydrogen (secondary N) is 1. The SMILES string of the molecule is CC(C(=O)O)C(C)(C)CNC(=O)OC(C)(C)C. The van der Waals surface area contributed by atoms with Gasteiger partial charge in [0.2, 0.25) is 0 Å². The quantitative estimate of drug-likeness (QED) is 0.796. The molecule has 0 saturated heterocycles. The molecule has 0 aromatic carbocycles. The zero-order chi connectivity index (χ0) is 13.9. The Bertz CT molecular complexity index is 291. The Morgan fingerprint density at radius 2 is 1.71 bits per heavy atom. The summed E-state index contributed by atoms with van der Waals surface area (Å²) < 4.78 is 5.08. The number of hydrogen-bond donors (Lipinski definition) is 2. The Kier molecular flexibility index (Phi) is 4.98. The molecule has 100 valence electrons. The third-order valence-electron chi connectivity index (χ3n) is 2.63. The molecule has 0 aliphatic heterocycles. The molecule has 0 heterocycles. The molecule has 0 aromatic heterocycles. The Morgan fingerprint density at radius 3 is 2.06 bits per heavy atom. The highest BCUT2D eigenvalue weighted by atomic mass is 16.6. The average molecular weight is 245 g/mol. The summed E-state index contributed by atoms with van der Waals surface area (Å²) >= 11 is 0. The van der Waals surface area contributed by atoms with Crippen LogP contribution in [-0.2, 0) is 9.53 Å². The largest absolute Gasteiger partial charge is 0.481 e. The Morgan fingerprint density at radius 1 is 1.24 bits per heavy atom. The second-order valence-corrected chi connectivity index (χ2v) is 5.90. The molecule has 0 bridgehead atoms. The molecule has 0 aliphatic carbocycles. The van der Waals surface area contributed by atoms with E-state index in [0.717, 1.165) is 0 Å². The van der Waals surface area contributed by atoms with E-state index in [0.29, 0.717) is 0 Å². The van der Waals surface area contributed by atoms with Gasteiger partial charge in [0.05, 0.1) is 5.92 Å². The molecule has 5 nitrogen and oxygen atoms in total. The lowest BCUT2D eigenvalue weighted by Gasteiger charge is -2.29. The first-order valence-electron chi connectivity index (χ1n) is 5.65. The highest BCUT2D eigenvalue weighted by molar-refractivity contribution is 5.71. The van der Waals surface area contributed by atoms with Gasteiger partial charge in [-0.1, -0.05) is 20.8 Å². The monoisotopic (exact) mass is 245 g/mol. The first-order valence-corrected chi connectivity index (χ1v) is 5.65. The van der Waals surface area contributed by atoms with Gasteiger partial charge in [-0.25, -0.2) is 4.79 Å². The van der Waals surface area contributed by atoms with Gasteiger partial charge >= 0.3 is 12.1 Å². The van der Waals surface area contributed by atoms with E-state index in [1.54, 1.807) is 41.5 Å². The second-order valence-electron chi connectivity index (χ2n) is 5.90. The van der Waals surface area contributed by atoms with Crippen molar-refractivity contribution < 1.29 is 19.4 Å². The van der Waals surface area contributed by atoms with Crippen molar-refractivity contribution in [3.63, 3.8) is 0 Å². The molecule has 1 unspecified atom stereocenters. The third kappa shape index (κ3) is 6.14. The maximum absolute atomic E-state index is 11.4. The summed E-state index contributed by atoms with van der Waals surface area (Å²) in [6, 6.07) is 0. The van der Waals surface area contributed by atoms with Gasteiger partial charge in [0.25, 0.3) is 0 Å². The molecule has 1 atom stereocenters. The summed E-state index contributed by atoms with van der Waals surface area (Å²) in [4.78, 5) is 22.3. The van der Waals surface area contributed by atoms with Crippen LogP contribution in [0.5, 0.6) is 0 Å². The van der Waals surface area contributed by atoms with E-state index in [9.17, 15) is 9.59 Å². The van der Waals surface area contributed by atoms with E-state index >= 15 is 0 Å². The van der Waals surface area contributed by atoms with E-state index in [1.807, 2.05) is 0 Å². The number of carbonyl (C=O) groups is 2. The van der Waals surface area contributed by atoms with Crippen molar-refractivity contribution in [3.8, 4) is 0 Å². The standard InChI is InChI=1S/C12H23NO4/c1-8(9(14)15)12(5,6)7-13-10(16)17-11(2,3)4/h8H,7H2,1-6H3,(H,13,16)(H,14,15). The summed E-state index contributed by atoms with van der Waals surface area (Å²) in [7, 11) is 0. The molecule has 5 heteroatoms. The van der Waals surface area contributed by atoms with E-state index in [-0.39, 0.29) is 6.54 Å². The molecule has 0 saturated carbocycles. The van der Waals surface area contributed by atoms with E-state index in [1.165, 1.54) is 0 Å². The normalized spacial score (nSPS) is 14.0. The fourth-order valence-electron chi connectivity index (χ4n) is 1.10. The number of rotatable bonds is 4. The predicted molar refractivity (Wildman–Crippen MR) is 64.8 cm³/mol.